The minimum atomic E-state index is 0.602. The summed E-state index contributed by atoms with van der Waals surface area (Å²) in [5.41, 5.74) is 1.13. The molecular weight excluding hydrogens is 281 g/mol. The van der Waals surface area contributed by atoms with E-state index in [9.17, 15) is 0 Å². The topological polar surface area (TPSA) is 21.3 Å². The lowest BCUT2D eigenvalue weighted by Gasteiger charge is -2.09. The van der Waals surface area contributed by atoms with Crippen LogP contribution in [0.3, 0.4) is 0 Å². The number of hydrogen-bond acceptors (Lipinski definition) is 2. The van der Waals surface area contributed by atoms with Gasteiger partial charge >= 0.3 is 0 Å². The van der Waals surface area contributed by atoms with E-state index < -0.39 is 0 Å². The van der Waals surface area contributed by atoms with Crippen molar-refractivity contribution in [2.24, 2.45) is 0 Å². The second kappa shape index (κ2) is 6.80. The second-order valence-electron chi connectivity index (χ2n) is 4.10. The summed E-state index contributed by atoms with van der Waals surface area (Å²) in [5.74, 6) is 1.36. The maximum absolute atomic E-state index is 6.21. The van der Waals surface area contributed by atoms with Crippen molar-refractivity contribution in [3.05, 3.63) is 58.1 Å². The Morgan fingerprint density at radius 3 is 2.42 bits per heavy atom. The monoisotopic (exact) mass is 295 g/mol. The summed E-state index contributed by atoms with van der Waals surface area (Å²) in [4.78, 5) is 0. The van der Waals surface area contributed by atoms with Crippen molar-refractivity contribution >= 4 is 23.2 Å². The predicted octanol–water partition coefficient (Wildman–Crippen LogP) is 4.90. The normalized spacial score (nSPS) is 10.5. The smallest absolute Gasteiger partial charge is 0.146 e. The first-order valence-corrected chi connectivity index (χ1v) is 6.87. The Bertz CT molecular complexity index is 540. The number of nitrogens with one attached hydrogen (secondary N) is 1. The van der Waals surface area contributed by atoms with Crippen molar-refractivity contribution in [3.8, 4) is 11.5 Å². The molecule has 0 heterocycles. The summed E-state index contributed by atoms with van der Waals surface area (Å²) in [6.07, 6.45) is 0. The first-order chi connectivity index (χ1) is 9.19. The van der Waals surface area contributed by atoms with Gasteiger partial charge in [-0.05, 0) is 48.5 Å². The highest BCUT2D eigenvalue weighted by atomic mass is 35.5. The third-order valence-electron chi connectivity index (χ3n) is 2.62. The molecule has 2 aromatic carbocycles. The van der Waals surface area contributed by atoms with Crippen molar-refractivity contribution in [1.29, 1.82) is 0 Å². The molecule has 1 N–H and O–H groups in total. The molecule has 0 amide bonds. The van der Waals surface area contributed by atoms with Gasteiger partial charge in [0, 0.05) is 11.6 Å². The number of hydrogen-bond donors (Lipinski definition) is 1. The number of halogens is 2. The van der Waals surface area contributed by atoms with Crippen LogP contribution in [0.4, 0.5) is 0 Å². The highest BCUT2D eigenvalue weighted by Crippen LogP contribution is 2.30. The Morgan fingerprint density at radius 2 is 1.79 bits per heavy atom. The molecule has 4 heteroatoms. The fourth-order valence-electron chi connectivity index (χ4n) is 1.64. The van der Waals surface area contributed by atoms with E-state index in [4.69, 9.17) is 27.9 Å². The molecule has 0 aliphatic carbocycles. The summed E-state index contributed by atoms with van der Waals surface area (Å²) in [6.45, 7) is 3.80. The molecule has 0 unspecified atom stereocenters. The molecule has 2 rings (SSSR count). The van der Waals surface area contributed by atoms with E-state index in [-0.39, 0.29) is 0 Å². The summed E-state index contributed by atoms with van der Waals surface area (Å²) in [7, 11) is 0. The predicted molar refractivity (Wildman–Crippen MR) is 80.4 cm³/mol. The lowest BCUT2D eigenvalue weighted by Crippen LogP contribution is -2.11. The molecule has 0 fully saturated rings. The summed E-state index contributed by atoms with van der Waals surface area (Å²) in [5, 5.41) is 4.54. The summed E-state index contributed by atoms with van der Waals surface area (Å²) >= 11 is 12.0. The Balaban J connectivity index is 2.10. The molecule has 0 radical (unpaired) electrons. The van der Waals surface area contributed by atoms with Gasteiger partial charge in [0.1, 0.15) is 11.5 Å². The number of ether oxygens (including phenoxy) is 1. The van der Waals surface area contributed by atoms with Crippen molar-refractivity contribution in [3.63, 3.8) is 0 Å². The van der Waals surface area contributed by atoms with Gasteiger partial charge in [0.05, 0.1) is 5.02 Å². The first-order valence-electron chi connectivity index (χ1n) is 6.11. The van der Waals surface area contributed by atoms with Crippen LogP contribution in [0.5, 0.6) is 11.5 Å². The van der Waals surface area contributed by atoms with Gasteiger partial charge in [-0.15, -0.1) is 0 Å². The highest BCUT2D eigenvalue weighted by Gasteiger charge is 2.04. The molecule has 0 spiro atoms. The van der Waals surface area contributed by atoms with Crippen LogP contribution in [0, 0.1) is 0 Å². The molecule has 0 saturated carbocycles. The lowest BCUT2D eigenvalue weighted by molar-refractivity contribution is 0.482. The average Bonchev–Trinajstić information content (AvgIpc) is 2.41. The van der Waals surface area contributed by atoms with Gasteiger partial charge in [-0.25, -0.2) is 0 Å². The van der Waals surface area contributed by atoms with Crippen molar-refractivity contribution in [2.45, 2.75) is 13.5 Å². The molecule has 2 aromatic rings. The van der Waals surface area contributed by atoms with Gasteiger partial charge in [-0.3, -0.25) is 0 Å². The van der Waals surface area contributed by atoms with E-state index in [1.54, 1.807) is 12.1 Å². The molecule has 19 heavy (non-hydrogen) atoms. The highest BCUT2D eigenvalue weighted by molar-refractivity contribution is 6.32. The molecule has 0 atom stereocenters. The third-order valence-corrected chi connectivity index (χ3v) is 3.16. The molecular formula is C15H15Cl2NO. The molecule has 100 valence electrons. The second-order valence-corrected chi connectivity index (χ2v) is 4.94. The Kier molecular flexibility index (Phi) is 5.08. The minimum absolute atomic E-state index is 0.602. The average molecular weight is 296 g/mol. The zero-order valence-corrected chi connectivity index (χ0v) is 12.1. The van der Waals surface area contributed by atoms with E-state index in [0.717, 1.165) is 18.7 Å². The van der Waals surface area contributed by atoms with Crippen molar-refractivity contribution in [1.82, 2.24) is 5.32 Å². The van der Waals surface area contributed by atoms with Crippen molar-refractivity contribution in [2.75, 3.05) is 6.54 Å². The van der Waals surface area contributed by atoms with E-state index in [2.05, 4.69) is 12.2 Å². The maximum Gasteiger partial charge on any atom is 0.146 e. The Morgan fingerprint density at radius 1 is 1.05 bits per heavy atom. The number of rotatable bonds is 5. The summed E-state index contributed by atoms with van der Waals surface area (Å²) < 4.78 is 5.71. The van der Waals surface area contributed by atoms with Gasteiger partial charge in [-0.1, -0.05) is 36.2 Å². The van der Waals surface area contributed by atoms with E-state index in [1.165, 1.54) is 0 Å². The zero-order chi connectivity index (χ0) is 13.7. The summed E-state index contributed by atoms with van der Waals surface area (Å²) in [6, 6.07) is 13.0. The minimum Gasteiger partial charge on any atom is -0.456 e. The quantitative estimate of drug-likeness (QED) is 0.847. The van der Waals surface area contributed by atoms with Gasteiger partial charge in [0.25, 0.3) is 0 Å². The van der Waals surface area contributed by atoms with E-state index in [1.807, 2.05) is 30.3 Å². The Hall–Kier alpha value is -1.22. The molecule has 0 aromatic heterocycles. The third kappa shape index (κ3) is 4.13. The Labute approximate surface area is 123 Å². The van der Waals surface area contributed by atoms with Gasteiger partial charge in [-0.2, -0.15) is 0 Å². The van der Waals surface area contributed by atoms with E-state index >= 15 is 0 Å². The standard InChI is InChI=1S/C15H15Cl2NO/c1-2-18-10-11-3-8-15(14(17)9-11)19-13-6-4-12(16)5-7-13/h3-9,18H,2,10H2,1H3. The number of benzene rings is 2. The maximum atomic E-state index is 6.21. The van der Waals surface area contributed by atoms with Crippen LogP contribution in [0.25, 0.3) is 0 Å². The fraction of sp³-hybridized carbons (Fsp3) is 0.200. The SMILES string of the molecule is CCNCc1ccc(Oc2ccc(Cl)cc2)c(Cl)c1. The largest absolute Gasteiger partial charge is 0.456 e. The van der Waals surface area contributed by atoms with Gasteiger partial charge in [0.15, 0.2) is 0 Å². The van der Waals surface area contributed by atoms with Crippen LogP contribution in [0.15, 0.2) is 42.5 Å². The van der Waals surface area contributed by atoms with Crippen LogP contribution in [-0.2, 0) is 6.54 Å². The lowest BCUT2D eigenvalue weighted by atomic mass is 10.2. The van der Waals surface area contributed by atoms with Crippen molar-refractivity contribution < 1.29 is 4.74 Å². The molecule has 2 nitrogen and oxygen atoms in total. The molecule has 0 aliphatic rings. The van der Waals surface area contributed by atoms with Crippen LogP contribution < -0.4 is 10.1 Å². The molecule has 0 aliphatic heterocycles. The molecule has 0 bridgehead atoms. The van der Waals surface area contributed by atoms with Gasteiger partial charge in [0.2, 0.25) is 0 Å². The first kappa shape index (κ1) is 14.2. The van der Waals surface area contributed by atoms with Crippen LogP contribution in [0.1, 0.15) is 12.5 Å². The van der Waals surface area contributed by atoms with Crippen LogP contribution in [0.2, 0.25) is 10.0 Å². The van der Waals surface area contributed by atoms with Crippen LogP contribution >= 0.6 is 23.2 Å². The van der Waals surface area contributed by atoms with E-state index in [0.29, 0.717) is 21.5 Å². The van der Waals surface area contributed by atoms with Gasteiger partial charge < -0.3 is 10.1 Å². The molecule has 0 saturated heterocycles. The zero-order valence-electron chi connectivity index (χ0n) is 10.6. The fourth-order valence-corrected chi connectivity index (χ4v) is 2.00. The van der Waals surface area contributed by atoms with Crippen LogP contribution in [-0.4, -0.2) is 6.54 Å².